The van der Waals surface area contributed by atoms with Gasteiger partial charge in [-0.05, 0) is 87.2 Å². The zero-order valence-electron chi connectivity index (χ0n) is 18.8. The number of carbonyl (C=O) groups is 1. The van der Waals surface area contributed by atoms with Gasteiger partial charge in [0, 0.05) is 30.4 Å². The first-order valence-corrected chi connectivity index (χ1v) is 11.8. The van der Waals surface area contributed by atoms with Crippen molar-refractivity contribution >= 4 is 5.97 Å². The number of nitrogens with zero attached hydrogens (tertiary/aromatic N) is 2. The highest BCUT2D eigenvalue weighted by atomic mass is 16.4. The standard InChI is InChI=1S/C26H34N2O3/c1-3-5-22-6-4-14-27(22)17-24-23(20-11-12-20)16-18(2)25(29)28(24)15-13-19-7-9-21(10-8-19)26(30)31/h7-10,16,20,22H,3-6,11-15,17H2,1-2H3,(H,30,31)/t22-/m0/s1. The van der Waals surface area contributed by atoms with Crippen molar-refractivity contribution in [1.29, 1.82) is 0 Å². The molecule has 2 aromatic rings. The number of pyridine rings is 1. The molecule has 31 heavy (non-hydrogen) atoms. The average Bonchev–Trinajstić information content (AvgIpc) is 3.51. The molecule has 5 nitrogen and oxygen atoms in total. The summed E-state index contributed by atoms with van der Waals surface area (Å²) in [6.07, 6.45) is 8.10. The molecule has 1 atom stereocenters. The summed E-state index contributed by atoms with van der Waals surface area (Å²) in [5.74, 6) is -0.312. The summed E-state index contributed by atoms with van der Waals surface area (Å²) in [6.45, 7) is 6.81. The van der Waals surface area contributed by atoms with Crippen LogP contribution in [0.3, 0.4) is 0 Å². The number of benzene rings is 1. The van der Waals surface area contributed by atoms with E-state index in [1.165, 1.54) is 49.8 Å². The van der Waals surface area contributed by atoms with E-state index in [0.717, 1.165) is 30.6 Å². The smallest absolute Gasteiger partial charge is 0.335 e. The number of carboxylic acids is 1. The molecule has 2 aliphatic rings. The van der Waals surface area contributed by atoms with Crippen LogP contribution < -0.4 is 5.56 Å². The molecule has 0 unspecified atom stereocenters. The fraction of sp³-hybridized carbons (Fsp3) is 0.538. The van der Waals surface area contributed by atoms with Gasteiger partial charge in [0.05, 0.1) is 5.56 Å². The molecule has 2 heterocycles. The first kappa shape index (κ1) is 21.8. The monoisotopic (exact) mass is 422 g/mol. The molecule has 1 saturated heterocycles. The maximum Gasteiger partial charge on any atom is 0.335 e. The van der Waals surface area contributed by atoms with Crippen LogP contribution in [-0.4, -0.2) is 33.1 Å². The maximum atomic E-state index is 13.2. The van der Waals surface area contributed by atoms with Gasteiger partial charge in [-0.2, -0.15) is 0 Å². The van der Waals surface area contributed by atoms with E-state index in [1.807, 2.05) is 23.6 Å². The molecular weight excluding hydrogens is 388 g/mol. The van der Waals surface area contributed by atoms with Crippen LogP contribution in [0.1, 0.15) is 84.1 Å². The van der Waals surface area contributed by atoms with E-state index >= 15 is 0 Å². The number of aryl methyl sites for hydroxylation is 2. The predicted octanol–water partition coefficient (Wildman–Crippen LogP) is 4.74. The minimum atomic E-state index is -0.912. The first-order valence-electron chi connectivity index (χ1n) is 11.8. The molecule has 0 amide bonds. The van der Waals surface area contributed by atoms with Gasteiger partial charge in [0.2, 0.25) is 0 Å². The topological polar surface area (TPSA) is 62.5 Å². The van der Waals surface area contributed by atoms with Crippen molar-refractivity contribution in [3.8, 4) is 0 Å². The van der Waals surface area contributed by atoms with Gasteiger partial charge in [-0.3, -0.25) is 9.69 Å². The van der Waals surface area contributed by atoms with Crippen LogP contribution in [0, 0.1) is 6.92 Å². The van der Waals surface area contributed by atoms with Crippen molar-refractivity contribution in [2.75, 3.05) is 6.54 Å². The van der Waals surface area contributed by atoms with E-state index in [9.17, 15) is 9.59 Å². The molecule has 0 bridgehead atoms. The van der Waals surface area contributed by atoms with Crippen molar-refractivity contribution in [1.82, 2.24) is 9.47 Å². The second-order valence-electron chi connectivity index (χ2n) is 9.27. The van der Waals surface area contributed by atoms with Crippen molar-refractivity contribution in [3.63, 3.8) is 0 Å². The molecular formula is C26H34N2O3. The fourth-order valence-electron chi connectivity index (χ4n) is 5.04. The largest absolute Gasteiger partial charge is 0.478 e. The third-order valence-electron chi connectivity index (χ3n) is 6.93. The van der Waals surface area contributed by atoms with Crippen molar-refractivity contribution in [3.05, 3.63) is 68.6 Å². The minimum absolute atomic E-state index is 0.118. The number of hydrogen-bond donors (Lipinski definition) is 1. The molecule has 1 aromatic carbocycles. The van der Waals surface area contributed by atoms with Crippen LogP contribution in [0.2, 0.25) is 0 Å². The Labute approximate surface area is 184 Å². The first-order chi connectivity index (χ1) is 15.0. The molecule has 0 spiro atoms. The maximum absolute atomic E-state index is 13.2. The van der Waals surface area contributed by atoms with Crippen LogP contribution in [0.5, 0.6) is 0 Å². The van der Waals surface area contributed by atoms with E-state index < -0.39 is 5.97 Å². The van der Waals surface area contributed by atoms with E-state index in [0.29, 0.717) is 24.1 Å². The van der Waals surface area contributed by atoms with Gasteiger partial charge in [0.1, 0.15) is 0 Å². The second kappa shape index (κ2) is 9.39. The Morgan fingerprint density at radius 2 is 1.90 bits per heavy atom. The summed E-state index contributed by atoms with van der Waals surface area (Å²) in [7, 11) is 0. The Morgan fingerprint density at radius 1 is 1.16 bits per heavy atom. The highest BCUT2D eigenvalue weighted by Crippen LogP contribution is 2.42. The Bertz CT molecular complexity index is 989. The SMILES string of the molecule is CCC[C@H]1CCCN1Cc1c(C2CC2)cc(C)c(=O)n1CCc1ccc(C(=O)O)cc1. The number of aromatic nitrogens is 1. The molecule has 5 heteroatoms. The number of hydrogen-bond acceptors (Lipinski definition) is 3. The fourth-order valence-corrected chi connectivity index (χ4v) is 5.04. The van der Waals surface area contributed by atoms with Gasteiger partial charge >= 0.3 is 5.97 Å². The lowest BCUT2D eigenvalue weighted by Gasteiger charge is -2.28. The van der Waals surface area contributed by atoms with E-state index in [2.05, 4.69) is 17.9 Å². The molecule has 1 N–H and O–H groups in total. The zero-order valence-corrected chi connectivity index (χ0v) is 18.8. The Hall–Kier alpha value is -2.40. The quantitative estimate of drug-likeness (QED) is 0.634. The van der Waals surface area contributed by atoms with Crippen LogP contribution in [0.25, 0.3) is 0 Å². The Balaban J connectivity index is 1.62. The number of carboxylic acid groups (broad SMARTS) is 1. The molecule has 166 valence electrons. The lowest BCUT2D eigenvalue weighted by Crippen LogP contribution is -2.34. The molecule has 1 aliphatic heterocycles. The van der Waals surface area contributed by atoms with Crippen LogP contribution >= 0.6 is 0 Å². The van der Waals surface area contributed by atoms with E-state index in [-0.39, 0.29) is 5.56 Å². The molecule has 0 radical (unpaired) electrons. The summed E-state index contributed by atoms with van der Waals surface area (Å²) < 4.78 is 2.02. The Kier molecular flexibility index (Phi) is 6.61. The number of likely N-dealkylation sites (tertiary alicyclic amines) is 1. The summed E-state index contributed by atoms with van der Waals surface area (Å²) in [5, 5.41) is 9.12. The molecule has 2 fully saturated rings. The van der Waals surface area contributed by atoms with Crippen LogP contribution in [-0.2, 0) is 19.5 Å². The van der Waals surface area contributed by atoms with Crippen LogP contribution in [0.15, 0.2) is 35.1 Å². The zero-order chi connectivity index (χ0) is 22.0. The molecule has 1 saturated carbocycles. The third kappa shape index (κ3) is 4.93. The Morgan fingerprint density at radius 3 is 2.55 bits per heavy atom. The predicted molar refractivity (Wildman–Crippen MR) is 123 cm³/mol. The summed E-state index contributed by atoms with van der Waals surface area (Å²) in [5.41, 5.74) is 4.89. The van der Waals surface area contributed by atoms with Gasteiger partial charge in [-0.15, -0.1) is 0 Å². The van der Waals surface area contributed by atoms with E-state index in [4.69, 9.17) is 5.11 Å². The van der Waals surface area contributed by atoms with Crippen molar-refractivity contribution < 1.29 is 9.90 Å². The highest BCUT2D eigenvalue weighted by molar-refractivity contribution is 5.87. The highest BCUT2D eigenvalue weighted by Gasteiger charge is 2.31. The van der Waals surface area contributed by atoms with Crippen LogP contribution in [0.4, 0.5) is 0 Å². The summed E-state index contributed by atoms with van der Waals surface area (Å²) in [4.78, 5) is 26.9. The molecule has 4 rings (SSSR count). The van der Waals surface area contributed by atoms with Gasteiger partial charge in [0.15, 0.2) is 0 Å². The van der Waals surface area contributed by atoms with Gasteiger partial charge in [0.25, 0.3) is 5.56 Å². The van der Waals surface area contributed by atoms with Crippen molar-refractivity contribution in [2.45, 2.75) is 83.8 Å². The second-order valence-corrected chi connectivity index (χ2v) is 9.27. The lowest BCUT2D eigenvalue weighted by molar-refractivity contribution is 0.0697. The average molecular weight is 423 g/mol. The molecule has 1 aromatic heterocycles. The van der Waals surface area contributed by atoms with Gasteiger partial charge < -0.3 is 9.67 Å². The normalized spacial score (nSPS) is 19.1. The van der Waals surface area contributed by atoms with Crippen molar-refractivity contribution in [2.24, 2.45) is 0 Å². The third-order valence-corrected chi connectivity index (χ3v) is 6.93. The summed E-state index contributed by atoms with van der Waals surface area (Å²) in [6, 6.07) is 9.80. The summed E-state index contributed by atoms with van der Waals surface area (Å²) >= 11 is 0. The van der Waals surface area contributed by atoms with Gasteiger partial charge in [-0.1, -0.05) is 25.5 Å². The van der Waals surface area contributed by atoms with Gasteiger partial charge in [-0.25, -0.2) is 4.79 Å². The number of aromatic carboxylic acids is 1. The molecule has 1 aliphatic carbocycles. The minimum Gasteiger partial charge on any atom is -0.478 e. The number of rotatable bonds is 9. The van der Waals surface area contributed by atoms with E-state index in [1.54, 1.807) is 12.1 Å². The lowest BCUT2D eigenvalue weighted by atomic mass is 10.0.